The topological polar surface area (TPSA) is 21.3 Å². The zero-order valence-corrected chi connectivity index (χ0v) is 13.1. The minimum absolute atomic E-state index is 0.424. The molecule has 0 amide bonds. The van der Waals surface area contributed by atoms with Crippen molar-refractivity contribution >= 4 is 0 Å². The van der Waals surface area contributed by atoms with Gasteiger partial charge in [0.1, 0.15) is 5.75 Å². The standard InChI is InChI=1S/C17H27NO/c1-16(2)15(17(16,3)4)14(18-5)11-12-7-9-13(19-6)10-8-12/h7-10,14-15,18H,11H2,1-6H3. The van der Waals surface area contributed by atoms with E-state index in [1.54, 1.807) is 7.11 Å². The Morgan fingerprint density at radius 2 is 1.63 bits per heavy atom. The molecule has 0 spiro atoms. The summed E-state index contributed by atoms with van der Waals surface area (Å²) in [6.45, 7) is 9.54. The molecule has 1 aromatic rings. The van der Waals surface area contributed by atoms with Gasteiger partial charge < -0.3 is 10.1 Å². The summed E-state index contributed by atoms with van der Waals surface area (Å²) in [6.07, 6.45) is 1.08. The first kappa shape index (κ1) is 14.4. The minimum Gasteiger partial charge on any atom is -0.497 e. The molecule has 19 heavy (non-hydrogen) atoms. The van der Waals surface area contributed by atoms with Crippen molar-refractivity contribution in [2.24, 2.45) is 16.7 Å². The van der Waals surface area contributed by atoms with Gasteiger partial charge in [-0.25, -0.2) is 0 Å². The number of methoxy groups -OCH3 is 1. The second-order valence-corrected chi connectivity index (χ2v) is 6.87. The van der Waals surface area contributed by atoms with Crippen molar-refractivity contribution in [1.82, 2.24) is 5.32 Å². The molecule has 106 valence electrons. The lowest BCUT2D eigenvalue weighted by Gasteiger charge is -2.19. The van der Waals surface area contributed by atoms with Gasteiger partial charge in [-0.2, -0.15) is 0 Å². The molecule has 0 saturated heterocycles. The first-order valence-corrected chi connectivity index (χ1v) is 7.14. The van der Waals surface area contributed by atoms with Gasteiger partial charge in [-0.05, 0) is 47.9 Å². The molecule has 1 atom stereocenters. The molecule has 0 aliphatic heterocycles. The Kier molecular flexibility index (Phi) is 3.65. The molecule has 1 aromatic carbocycles. The lowest BCUT2D eigenvalue weighted by atomic mass is 9.97. The summed E-state index contributed by atoms with van der Waals surface area (Å²) in [5, 5.41) is 3.52. The number of hydrogen-bond acceptors (Lipinski definition) is 2. The summed E-state index contributed by atoms with van der Waals surface area (Å²) < 4.78 is 5.21. The summed E-state index contributed by atoms with van der Waals surface area (Å²) in [7, 11) is 3.79. The Morgan fingerprint density at radius 1 is 1.11 bits per heavy atom. The van der Waals surface area contributed by atoms with Crippen molar-refractivity contribution in [3.8, 4) is 5.75 Å². The molecule has 2 nitrogen and oxygen atoms in total. The van der Waals surface area contributed by atoms with E-state index < -0.39 is 0 Å². The van der Waals surface area contributed by atoms with Crippen molar-refractivity contribution in [2.45, 2.75) is 40.2 Å². The molecule has 1 saturated carbocycles. The molecule has 1 aliphatic rings. The van der Waals surface area contributed by atoms with Crippen molar-refractivity contribution in [2.75, 3.05) is 14.2 Å². The van der Waals surface area contributed by atoms with Gasteiger partial charge in [0.15, 0.2) is 0 Å². The molecule has 2 rings (SSSR count). The van der Waals surface area contributed by atoms with Crippen molar-refractivity contribution in [1.29, 1.82) is 0 Å². The lowest BCUT2D eigenvalue weighted by molar-refractivity contribution is 0.412. The number of likely N-dealkylation sites (N-methyl/N-ethyl adjacent to an activating group) is 1. The molecule has 1 aliphatic carbocycles. The number of nitrogens with one attached hydrogen (secondary N) is 1. The second-order valence-electron chi connectivity index (χ2n) is 6.87. The second kappa shape index (κ2) is 4.82. The van der Waals surface area contributed by atoms with Gasteiger partial charge in [0, 0.05) is 6.04 Å². The first-order chi connectivity index (χ1) is 8.84. The normalized spacial score (nSPS) is 22.0. The Morgan fingerprint density at radius 3 is 2.00 bits per heavy atom. The summed E-state index contributed by atoms with van der Waals surface area (Å²) in [5.41, 5.74) is 2.22. The summed E-state index contributed by atoms with van der Waals surface area (Å²) in [5.74, 6) is 1.66. The van der Waals surface area contributed by atoms with Crippen LogP contribution in [0.4, 0.5) is 0 Å². The van der Waals surface area contributed by atoms with Crippen LogP contribution < -0.4 is 10.1 Å². The molecule has 0 radical (unpaired) electrons. The fourth-order valence-electron chi connectivity index (χ4n) is 3.66. The van der Waals surface area contributed by atoms with Crippen molar-refractivity contribution < 1.29 is 4.74 Å². The van der Waals surface area contributed by atoms with E-state index in [2.05, 4.69) is 52.2 Å². The quantitative estimate of drug-likeness (QED) is 0.876. The molecule has 0 bridgehead atoms. The largest absolute Gasteiger partial charge is 0.497 e. The van der Waals surface area contributed by atoms with E-state index in [0.29, 0.717) is 16.9 Å². The fourth-order valence-corrected chi connectivity index (χ4v) is 3.66. The zero-order valence-electron chi connectivity index (χ0n) is 13.1. The molecular formula is C17H27NO. The average molecular weight is 261 g/mol. The van der Waals surface area contributed by atoms with Crippen LogP contribution in [0.5, 0.6) is 5.75 Å². The predicted molar refractivity (Wildman–Crippen MR) is 80.6 cm³/mol. The van der Waals surface area contributed by atoms with Gasteiger partial charge in [0.05, 0.1) is 7.11 Å². The minimum atomic E-state index is 0.424. The molecule has 1 fully saturated rings. The van der Waals surface area contributed by atoms with E-state index in [1.165, 1.54) is 5.56 Å². The average Bonchev–Trinajstić information content (AvgIpc) is 2.78. The number of hydrogen-bond donors (Lipinski definition) is 1. The molecule has 0 heterocycles. The van der Waals surface area contributed by atoms with Gasteiger partial charge in [-0.15, -0.1) is 0 Å². The number of ether oxygens (including phenoxy) is 1. The Labute approximate surface area is 117 Å². The molecule has 1 N–H and O–H groups in total. The third-order valence-electron chi connectivity index (χ3n) is 5.52. The summed E-state index contributed by atoms with van der Waals surface area (Å²) >= 11 is 0. The number of benzene rings is 1. The van der Waals surface area contributed by atoms with Gasteiger partial charge in [0.25, 0.3) is 0 Å². The highest BCUT2D eigenvalue weighted by Gasteiger charge is 2.66. The van der Waals surface area contributed by atoms with E-state index in [0.717, 1.165) is 18.1 Å². The van der Waals surface area contributed by atoms with E-state index >= 15 is 0 Å². The van der Waals surface area contributed by atoms with Crippen molar-refractivity contribution in [3.05, 3.63) is 29.8 Å². The van der Waals surface area contributed by atoms with Crippen LogP contribution in [0.1, 0.15) is 33.3 Å². The Hall–Kier alpha value is -1.02. The van der Waals surface area contributed by atoms with Crippen LogP contribution in [0.2, 0.25) is 0 Å². The first-order valence-electron chi connectivity index (χ1n) is 7.14. The summed E-state index contributed by atoms with van der Waals surface area (Å²) in [6, 6.07) is 8.98. The van der Waals surface area contributed by atoms with Crippen LogP contribution in [0.3, 0.4) is 0 Å². The van der Waals surface area contributed by atoms with Crippen LogP contribution in [0.25, 0.3) is 0 Å². The SMILES string of the molecule is CNC(Cc1ccc(OC)cc1)C1C(C)(C)C1(C)C. The summed E-state index contributed by atoms with van der Waals surface area (Å²) in [4.78, 5) is 0. The van der Waals surface area contributed by atoms with Crippen LogP contribution in [0, 0.1) is 16.7 Å². The monoisotopic (exact) mass is 261 g/mol. The Bertz CT molecular complexity index is 419. The smallest absolute Gasteiger partial charge is 0.118 e. The van der Waals surface area contributed by atoms with E-state index in [9.17, 15) is 0 Å². The maximum absolute atomic E-state index is 5.21. The highest BCUT2D eigenvalue weighted by atomic mass is 16.5. The molecule has 1 unspecified atom stereocenters. The Balaban J connectivity index is 2.08. The fraction of sp³-hybridized carbons (Fsp3) is 0.647. The molecular weight excluding hydrogens is 234 g/mol. The highest BCUT2D eigenvalue weighted by Crippen LogP contribution is 2.69. The predicted octanol–water partition coefficient (Wildman–Crippen LogP) is 3.51. The highest BCUT2D eigenvalue weighted by molar-refractivity contribution is 5.28. The third kappa shape index (κ3) is 2.38. The lowest BCUT2D eigenvalue weighted by Crippen LogP contribution is -2.32. The van der Waals surface area contributed by atoms with Crippen LogP contribution in [-0.2, 0) is 6.42 Å². The van der Waals surface area contributed by atoms with Gasteiger partial charge >= 0.3 is 0 Å². The van der Waals surface area contributed by atoms with E-state index in [-0.39, 0.29) is 0 Å². The van der Waals surface area contributed by atoms with Crippen LogP contribution in [0.15, 0.2) is 24.3 Å². The molecule has 0 aromatic heterocycles. The third-order valence-corrected chi connectivity index (χ3v) is 5.52. The van der Waals surface area contributed by atoms with Crippen LogP contribution in [-0.4, -0.2) is 20.2 Å². The van der Waals surface area contributed by atoms with Gasteiger partial charge in [-0.1, -0.05) is 39.8 Å². The van der Waals surface area contributed by atoms with E-state index in [4.69, 9.17) is 4.74 Å². The van der Waals surface area contributed by atoms with Gasteiger partial charge in [0.2, 0.25) is 0 Å². The maximum Gasteiger partial charge on any atom is 0.118 e. The van der Waals surface area contributed by atoms with E-state index in [1.807, 2.05) is 12.1 Å². The number of rotatable bonds is 5. The van der Waals surface area contributed by atoms with Crippen LogP contribution >= 0.6 is 0 Å². The van der Waals surface area contributed by atoms with Crippen molar-refractivity contribution in [3.63, 3.8) is 0 Å². The zero-order chi connectivity index (χ0) is 14.3. The van der Waals surface area contributed by atoms with Gasteiger partial charge in [-0.3, -0.25) is 0 Å². The maximum atomic E-state index is 5.21. The molecule has 2 heteroatoms.